The molecule has 3 heteroatoms. The van der Waals surface area contributed by atoms with Crippen molar-refractivity contribution in [2.75, 3.05) is 19.8 Å². The molecule has 1 aromatic carbocycles. The highest BCUT2D eigenvalue weighted by atomic mass is 16.5. The number of rotatable bonds is 5. The highest BCUT2D eigenvalue weighted by Gasteiger charge is 2.31. The first-order valence-electron chi connectivity index (χ1n) is 6.11. The van der Waals surface area contributed by atoms with Gasteiger partial charge in [0.15, 0.2) is 5.78 Å². The lowest BCUT2D eigenvalue weighted by atomic mass is 9.94. The minimum absolute atomic E-state index is 0.00763. The number of ketones is 1. The second-order valence-electron chi connectivity index (χ2n) is 4.21. The van der Waals surface area contributed by atoms with Crippen LogP contribution in [0, 0.1) is 5.92 Å². The van der Waals surface area contributed by atoms with E-state index in [4.69, 9.17) is 9.47 Å². The summed E-state index contributed by atoms with van der Waals surface area (Å²) in [6.45, 7) is 3.67. The normalized spacial score (nSPS) is 21.4. The fourth-order valence-corrected chi connectivity index (χ4v) is 2.11. The standard InChI is InChI=1S/C14H18O3/c1-2-17-14(11-6-4-3-5-7-11)13(15)12-8-9-16-10-12/h3-7,12,14H,2,8-10H2,1H3. The van der Waals surface area contributed by atoms with Crippen LogP contribution in [0.3, 0.4) is 0 Å². The molecule has 1 aliphatic heterocycles. The Morgan fingerprint density at radius 1 is 1.47 bits per heavy atom. The zero-order valence-corrected chi connectivity index (χ0v) is 10.1. The highest BCUT2D eigenvalue weighted by molar-refractivity contribution is 5.86. The first-order chi connectivity index (χ1) is 8.33. The Labute approximate surface area is 102 Å². The molecule has 0 bridgehead atoms. The number of carbonyl (C=O) groups excluding carboxylic acids is 1. The Kier molecular flexibility index (Phi) is 4.29. The van der Waals surface area contributed by atoms with E-state index in [0.29, 0.717) is 19.8 Å². The number of Topliss-reactive ketones (excluding diaryl/α,β-unsaturated/α-hetero) is 1. The third-order valence-corrected chi connectivity index (χ3v) is 3.03. The maximum Gasteiger partial charge on any atom is 0.171 e. The molecular formula is C14H18O3. The van der Waals surface area contributed by atoms with Gasteiger partial charge in [-0.25, -0.2) is 0 Å². The van der Waals surface area contributed by atoms with E-state index in [0.717, 1.165) is 12.0 Å². The van der Waals surface area contributed by atoms with Crippen LogP contribution in [0.5, 0.6) is 0 Å². The Morgan fingerprint density at radius 2 is 2.24 bits per heavy atom. The van der Waals surface area contributed by atoms with Gasteiger partial charge in [0.1, 0.15) is 6.10 Å². The lowest BCUT2D eigenvalue weighted by Gasteiger charge is -2.19. The molecule has 1 fully saturated rings. The topological polar surface area (TPSA) is 35.5 Å². The molecule has 3 nitrogen and oxygen atoms in total. The summed E-state index contributed by atoms with van der Waals surface area (Å²) < 4.78 is 10.9. The van der Waals surface area contributed by atoms with Crippen LogP contribution < -0.4 is 0 Å². The average Bonchev–Trinajstić information content (AvgIpc) is 2.90. The van der Waals surface area contributed by atoms with Crippen LogP contribution >= 0.6 is 0 Å². The van der Waals surface area contributed by atoms with Gasteiger partial charge in [-0.05, 0) is 18.9 Å². The maximum atomic E-state index is 12.3. The summed E-state index contributed by atoms with van der Waals surface area (Å²) in [7, 11) is 0. The molecule has 0 aromatic heterocycles. The van der Waals surface area contributed by atoms with Gasteiger partial charge in [-0.15, -0.1) is 0 Å². The summed E-state index contributed by atoms with van der Waals surface area (Å²) in [4.78, 5) is 12.3. The van der Waals surface area contributed by atoms with E-state index in [2.05, 4.69) is 0 Å². The minimum Gasteiger partial charge on any atom is -0.381 e. The van der Waals surface area contributed by atoms with Crippen molar-refractivity contribution in [2.45, 2.75) is 19.4 Å². The molecule has 0 N–H and O–H groups in total. The van der Waals surface area contributed by atoms with Crippen LogP contribution in [0.2, 0.25) is 0 Å². The van der Waals surface area contributed by atoms with Gasteiger partial charge in [-0.3, -0.25) is 4.79 Å². The van der Waals surface area contributed by atoms with Gasteiger partial charge in [0.25, 0.3) is 0 Å². The van der Waals surface area contributed by atoms with Crippen LogP contribution in [0.15, 0.2) is 30.3 Å². The lowest BCUT2D eigenvalue weighted by Crippen LogP contribution is -2.24. The van der Waals surface area contributed by atoms with Gasteiger partial charge < -0.3 is 9.47 Å². The summed E-state index contributed by atoms with van der Waals surface area (Å²) in [5.41, 5.74) is 0.936. The summed E-state index contributed by atoms with van der Waals surface area (Å²) >= 11 is 0. The molecule has 0 spiro atoms. The minimum atomic E-state index is -0.437. The molecule has 1 aromatic rings. The van der Waals surface area contributed by atoms with Crippen molar-refractivity contribution in [3.8, 4) is 0 Å². The molecule has 2 unspecified atom stereocenters. The molecule has 0 aliphatic carbocycles. The van der Waals surface area contributed by atoms with Crippen molar-refractivity contribution < 1.29 is 14.3 Å². The van der Waals surface area contributed by atoms with Crippen molar-refractivity contribution in [3.63, 3.8) is 0 Å². The van der Waals surface area contributed by atoms with Crippen LogP contribution in [0.4, 0.5) is 0 Å². The number of hydrogen-bond donors (Lipinski definition) is 0. The van der Waals surface area contributed by atoms with Crippen molar-refractivity contribution in [1.29, 1.82) is 0 Å². The van der Waals surface area contributed by atoms with E-state index in [-0.39, 0.29) is 11.7 Å². The zero-order valence-electron chi connectivity index (χ0n) is 10.1. The Morgan fingerprint density at radius 3 is 2.82 bits per heavy atom. The third-order valence-electron chi connectivity index (χ3n) is 3.03. The molecule has 1 aliphatic rings. The van der Waals surface area contributed by atoms with E-state index in [1.54, 1.807) is 0 Å². The quantitative estimate of drug-likeness (QED) is 0.784. The second kappa shape index (κ2) is 5.94. The zero-order chi connectivity index (χ0) is 12.1. The molecule has 2 atom stereocenters. The third kappa shape index (κ3) is 2.93. The lowest BCUT2D eigenvalue weighted by molar-refractivity contribution is -0.134. The number of ether oxygens (including phenoxy) is 2. The summed E-state index contributed by atoms with van der Waals surface area (Å²) in [5.74, 6) is 0.141. The van der Waals surface area contributed by atoms with Crippen molar-refractivity contribution in [2.24, 2.45) is 5.92 Å². The largest absolute Gasteiger partial charge is 0.381 e. The van der Waals surface area contributed by atoms with Crippen molar-refractivity contribution in [3.05, 3.63) is 35.9 Å². The van der Waals surface area contributed by atoms with E-state index in [1.807, 2.05) is 37.3 Å². The van der Waals surface area contributed by atoms with Crippen LogP contribution in [0.1, 0.15) is 25.0 Å². The Bertz CT molecular complexity index is 355. The summed E-state index contributed by atoms with van der Waals surface area (Å²) in [5, 5.41) is 0. The molecule has 2 rings (SSSR count). The molecule has 0 radical (unpaired) electrons. The van der Waals surface area contributed by atoms with E-state index in [1.165, 1.54) is 0 Å². The fourth-order valence-electron chi connectivity index (χ4n) is 2.11. The first-order valence-corrected chi connectivity index (χ1v) is 6.11. The summed E-state index contributed by atoms with van der Waals surface area (Å²) in [6, 6.07) is 9.68. The average molecular weight is 234 g/mol. The van der Waals surface area contributed by atoms with Gasteiger partial charge in [-0.1, -0.05) is 30.3 Å². The fraction of sp³-hybridized carbons (Fsp3) is 0.500. The molecule has 0 amide bonds. The maximum absolute atomic E-state index is 12.3. The van der Waals surface area contributed by atoms with E-state index < -0.39 is 6.10 Å². The molecule has 1 heterocycles. The number of hydrogen-bond acceptors (Lipinski definition) is 3. The van der Waals surface area contributed by atoms with E-state index >= 15 is 0 Å². The Balaban J connectivity index is 2.13. The van der Waals surface area contributed by atoms with Crippen molar-refractivity contribution >= 4 is 5.78 Å². The smallest absolute Gasteiger partial charge is 0.171 e. The van der Waals surface area contributed by atoms with Gasteiger partial charge in [-0.2, -0.15) is 0 Å². The molecule has 1 saturated heterocycles. The first kappa shape index (κ1) is 12.3. The summed E-state index contributed by atoms with van der Waals surface area (Å²) in [6.07, 6.45) is 0.378. The van der Waals surface area contributed by atoms with Gasteiger partial charge in [0, 0.05) is 19.1 Å². The van der Waals surface area contributed by atoms with Gasteiger partial charge >= 0.3 is 0 Å². The van der Waals surface area contributed by atoms with Crippen LogP contribution in [-0.2, 0) is 14.3 Å². The second-order valence-corrected chi connectivity index (χ2v) is 4.21. The monoisotopic (exact) mass is 234 g/mol. The molecule has 0 saturated carbocycles. The van der Waals surface area contributed by atoms with Crippen molar-refractivity contribution in [1.82, 2.24) is 0 Å². The molecule has 17 heavy (non-hydrogen) atoms. The predicted octanol–water partition coefficient (Wildman–Crippen LogP) is 2.37. The SMILES string of the molecule is CCOC(C(=O)C1CCOC1)c1ccccc1. The van der Waals surface area contributed by atoms with Gasteiger partial charge in [0.05, 0.1) is 6.61 Å². The molecule has 92 valence electrons. The van der Waals surface area contributed by atoms with Crippen LogP contribution in [-0.4, -0.2) is 25.6 Å². The number of benzene rings is 1. The highest BCUT2D eigenvalue weighted by Crippen LogP contribution is 2.25. The van der Waals surface area contributed by atoms with E-state index in [9.17, 15) is 4.79 Å². The van der Waals surface area contributed by atoms with Gasteiger partial charge in [0.2, 0.25) is 0 Å². The molecular weight excluding hydrogens is 216 g/mol. The predicted molar refractivity (Wildman–Crippen MR) is 64.7 cm³/mol. The van der Waals surface area contributed by atoms with Crippen LogP contribution in [0.25, 0.3) is 0 Å². The Hall–Kier alpha value is -1.19. The number of carbonyl (C=O) groups is 1.